The first-order valence-electron chi connectivity index (χ1n) is 7.82. The van der Waals surface area contributed by atoms with Gasteiger partial charge in [-0.3, -0.25) is 4.79 Å². The highest BCUT2D eigenvalue weighted by Crippen LogP contribution is 2.41. The number of ether oxygens (including phenoxy) is 2. The molecule has 0 N–H and O–H groups in total. The van der Waals surface area contributed by atoms with Crippen LogP contribution in [0.2, 0.25) is 0 Å². The molecule has 4 nitrogen and oxygen atoms in total. The Morgan fingerprint density at radius 3 is 2.50 bits per heavy atom. The number of nitrogens with zero attached hydrogens (tertiary/aromatic N) is 1. The van der Waals surface area contributed by atoms with Gasteiger partial charge in [-0.1, -0.05) is 12.1 Å². The van der Waals surface area contributed by atoms with Crippen LogP contribution in [0.5, 0.6) is 11.5 Å². The molecule has 0 spiro atoms. The largest absolute Gasteiger partial charge is 0.493 e. The molecule has 2 aromatic rings. The van der Waals surface area contributed by atoms with Crippen molar-refractivity contribution < 1.29 is 18.7 Å². The summed E-state index contributed by atoms with van der Waals surface area (Å²) in [7, 11) is 3.17. The van der Waals surface area contributed by atoms with Crippen LogP contribution in [-0.2, 0) is 11.2 Å². The minimum atomic E-state index is -0.332. The van der Waals surface area contributed by atoms with Gasteiger partial charge in [-0.05, 0) is 47.4 Å². The Hall–Kier alpha value is -2.56. The molecule has 0 fully saturated rings. The molecule has 126 valence electrons. The molecule has 0 unspecified atom stereocenters. The van der Waals surface area contributed by atoms with E-state index in [-0.39, 0.29) is 17.8 Å². The molecule has 0 aromatic heterocycles. The maximum atomic E-state index is 13.7. The number of rotatable bonds is 3. The maximum absolute atomic E-state index is 13.7. The minimum Gasteiger partial charge on any atom is -0.493 e. The van der Waals surface area contributed by atoms with Crippen molar-refractivity contribution in [1.29, 1.82) is 0 Å². The molecular formula is C19H20FNO3. The second-order valence-electron chi connectivity index (χ2n) is 5.83. The Balaban J connectivity index is 2.18. The number of benzene rings is 2. The topological polar surface area (TPSA) is 38.8 Å². The van der Waals surface area contributed by atoms with Gasteiger partial charge in [0.15, 0.2) is 11.5 Å². The van der Waals surface area contributed by atoms with E-state index >= 15 is 0 Å². The summed E-state index contributed by atoms with van der Waals surface area (Å²) < 4.78 is 24.5. The molecule has 2 aromatic carbocycles. The molecule has 0 aliphatic carbocycles. The zero-order chi connectivity index (χ0) is 17.3. The van der Waals surface area contributed by atoms with Crippen LogP contribution in [0, 0.1) is 5.82 Å². The zero-order valence-electron chi connectivity index (χ0n) is 14.0. The van der Waals surface area contributed by atoms with Gasteiger partial charge < -0.3 is 14.4 Å². The average Bonchev–Trinajstić information content (AvgIpc) is 2.59. The summed E-state index contributed by atoms with van der Waals surface area (Å²) in [6.45, 7) is 2.12. The number of hydrogen-bond acceptors (Lipinski definition) is 3. The monoisotopic (exact) mass is 329 g/mol. The first-order chi connectivity index (χ1) is 11.5. The number of carbonyl (C=O) groups is 1. The fourth-order valence-electron chi connectivity index (χ4n) is 3.32. The lowest BCUT2D eigenvalue weighted by molar-refractivity contribution is -0.130. The van der Waals surface area contributed by atoms with Crippen LogP contribution in [0.15, 0.2) is 36.4 Å². The van der Waals surface area contributed by atoms with Crippen molar-refractivity contribution >= 4 is 5.91 Å². The van der Waals surface area contributed by atoms with Crippen LogP contribution in [0.3, 0.4) is 0 Å². The highest BCUT2D eigenvalue weighted by atomic mass is 19.1. The Labute approximate surface area is 140 Å². The molecule has 24 heavy (non-hydrogen) atoms. The van der Waals surface area contributed by atoms with E-state index in [4.69, 9.17) is 9.47 Å². The summed E-state index contributed by atoms with van der Waals surface area (Å²) in [6.07, 6.45) is 0.723. The molecule has 0 saturated carbocycles. The first kappa shape index (κ1) is 16.3. The Morgan fingerprint density at radius 2 is 1.88 bits per heavy atom. The number of carbonyl (C=O) groups excluding carboxylic acids is 1. The lowest BCUT2D eigenvalue weighted by Gasteiger charge is -2.37. The molecule has 1 aliphatic rings. The summed E-state index contributed by atoms with van der Waals surface area (Å²) in [6, 6.07) is 9.89. The van der Waals surface area contributed by atoms with Crippen LogP contribution in [-0.4, -0.2) is 31.6 Å². The predicted molar refractivity (Wildman–Crippen MR) is 88.9 cm³/mol. The number of amides is 1. The standard InChI is InChI=1S/C19H20FNO3/c1-12(22)21-8-7-13-10-17(23-2)18(24-3)11-16(13)19(21)14-5-4-6-15(20)9-14/h4-6,9-11,19H,7-8H2,1-3H3/t19-/m0/s1. The molecule has 1 atom stereocenters. The van der Waals surface area contributed by atoms with Gasteiger partial charge in [0, 0.05) is 13.5 Å². The van der Waals surface area contributed by atoms with Crippen LogP contribution in [0.25, 0.3) is 0 Å². The summed E-state index contributed by atoms with van der Waals surface area (Å²) in [5.74, 6) is 0.905. The van der Waals surface area contributed by atoms with E-state index in [1.54, 1.807) is 25.2 Å². The predicted octanol–water partition coefficient (Wildman–Crippen LogP) is 3.34. The smallest absolute Gasteiger partial charge is 0.220 e. The van der Waals surface area contributed by atoms with Gasteiger partial charge in [-0.15, -0.1) is 0 Å². The second-order valence-corrected chi connectivity index (χ2v) is 5.83. The van der Waals surface area contributed by atoms with Crippen molar-refractivity contribution in [3.05, 3.63) is 58.9 Å². The molecule has 0 radical (unpaired) electrons. The van der Waals surface area contributed by atoms with Crippen LogP contribution < -0.4 is 9.47 Å². The minimum absolute atomic E-state index is 0.0373. The number of fused-ring (bicyclic) bond motifs is 1. The molecule has 1 aliphatic heterocycles. The van der Waals surface area contributed by atoms with Gasteiger partial charge in [0.05, 0.1) is 20.3 Å². The Bertz CT molecular complexity index is 775. The number of halogens is 1. The third kappa shape index (κ3) is 2.82. The molecule has 1 amide bonds. The van der Waals surface area contributed by atoms with Gasteiger partial charge in [0.25, 0.3) is 0 Å². The molecule has 0 bridgehead atoms. The summed E-state index contributed by atoms with van der Waals surface area (Å²) in [5, 5.41) is 0. The van der Waals surface area contributed by atoms with E-state index in [9.17, 15) is 9.18 Å². The second kappa shape index (κ2) is 6.51. The van der Waals surface area contributed by atoms with E-state index in [1.807, 2.05) is 18.2 Å². The number of methoxy groups -OCH3 is 2. The highest BCUT2D eigenvalue weighted by Gasteiger charge is 2.32. The van der Waals surface area contributed by atoms with Crippen molar-refractivity contribution in [3.63, 3.8) is 0 Å². The zero-order valence-corrected chi connectivity index (χ0v) is 14.0. The van der Waals surface area contributed by atoms with Crippen molar-refractivity contribution in [2.24, 2.45) is 0 Å². The highest BCUT2D eigenvalue weighted by molar-refractivity contribution is 5.75. The van der Waals surface area contributed by atoms with E-state index < -0.39 is 0 Å². The van der Waals surface area contributed by atoms with Crippen molar-refractivity contribution in [3.8, 4) is 11.5 Å². The third-order valence-electron chi connectivity index (χ3n) is 4.44. The molecular weight excluding hydrogens is 309 g/mol. The van der Waals surface area contributed by atoms with E-state index in [0.717, 1.165) is 23.1 Å². The SMILES string of the molecule is COc1cc2c(cc1OC)[C@H](c1cccc(F)c1)N(C(C)=O)CC2. The van der Waals surface area contributed by atoms with Crippen molar-refractivity contribution in [1.82, 2.24) is 4.90 Å². The lowest BCUT2D eigenvalue weighted by Crippen LogP contribution is -2.39. The van der Waals surface area contributed by atoms with Crippen LogP contribution in [0.1, 0.15) is 29.7 Å². The molecule has 5 heteroatoms. The van der Waals surface area contributed by atoms with Gasteiger partial charge in [-0.2, -0.15) is 0 Å². The van der Waals surface area contributed by atoms with Gasteiger partial charge >= 0.3 is 0 Å². The van der Waals surface area contributed by atoms with E-state index in [1.165, 1.54) is 19.1 Å². The Morgan fingerprint density at radius 1 is 1.17 bits per heavy atom. The fraction of sp³-hybridized carbons (Fsp3) is 0.316. The molecule has 3 rings (SSSR count). The van der Waals surface area contributed by atoms with Gasteiger partial charge in [0.2, 0.25) is 5.91 Å². The van der Waals surface area contributed by atoms with Crippen LogP contribution >= 0.6 is 0 Å². The maximum Gasteiger partial charge on any atom is 0.220 e. The molecule has 0 saturated heterocycles. The summed E-state index contributed by atoms with van der Waals surface area (Å²) in [4.78, 5) is 13.9. The quantitative estimate of drug-likeness (QED) is 0.867. The summed E-state index contributed by atoms with van der Waals surface area (Å²) >= 11 is 0. The lowest BCUT2D eigenvalue weighted by atomic mass is 9.87. The van der Waals surface area contributed by atoms with Crippen LogP contribution in [0.4, 0.5) is 4.39 Å². The van der Waals surface area contributed by atoms with E-state index in [2.05, 4.69) is 0 Å². The number of hydrogen-bond donors (Lipinski definition) is 0. The Kier molecular flexibility index (Phi) is 4.42. The van der Waals surface area contributed by atoms with E-state index in [0.29, 0.717) is 18.0 Å². The van der Waals surface area contributed by atoms with Crippen molar-refractivity contribution in [2.45, 2.75) is 19.4 Å². The van der Waals surface area contributed by atoms with Crippen molar-refractivity contribution in [2.75, 3.05) is 20.8 Å². The van der Waals surface area contributed by atoms with Gasteiger partial charge in [-0.25, -0.2) is 4.39 Å². The first-order valence-corrected chi connectivity index (χ1v) is 7.82. The molecule has 1 heterocycles. The normalized spacial score (nSPS) is 16.5. The van der Waals surface area contributed by atoms with Gasteiger partial charge in [0.1, 0.15) is 5.82 Å². The average molecular weight is 329 g/mol. The fourth-order valence-corrected chi connectivity index (χ4v) is 3.32. The third-order valence-corrected chi connectivity index (χ3v) is 4.44. The summed E-state index contributed by atoms with van der Waals surface area (Å²) in [5.41, 5.74) is 2.78.